The van der Waals surface area contributed by atoms with Gasteiger partial charge in [-0.25, -0.2) is 21.6 Å². The quantitative estimate of drug-likeness (QED) is 0.0429. The fraction of sp³-hybridized carbons (Fsp3) is 0.933. The van der Waals surface area contributed by atoms with Crippen molar-refractivity contribution in [2.45, 2.75) is 168 Å². The molecule has 0 rings (SSSR count). The van der Waals surface area contributed by atoms with Gasteiger partial charge in [-0.2, -0.15) is 0 Å². The second-order valence-corrected chi connectivity index (χ2v) is 12.9. The average Bonchev–Trinajstić information content (AvgIpc) is 2.88. The van der Waals surface area contributed by atoms with E-state index in [1.807, 2.05) is 4.72 Å². The minimum absolute atomic E-state index is 0. The van der Waals surface area contributed by atoms with Gasteiger partial charge in [0, 0.05) is 6.54 Å². The summed E-state index contributed by atoms with van der Waals surface area (Å²) in [4.78, 5) is 0. The largest absolute Gasteiger partial charge is 1.00 e. The fourth-order valence-corrected chi connectivity index (χ4v) is 5.04. The summed E-state index contributed by atoms with van der Waals surface area (Å²) in [7, 11) is -8.74. The van der Waals surface area contributed by atoms with Gasteiger partial charge in [0.1, 0.15) is 0 Å². The summed E-state index contributed by atoms with van der Waals surface area (Å²) in [5, 5.41) is 0. The van der Waals surface area contributed by atoms with Crippen LogP contribution in [-0.2, 0) is 24.9 Å². The molecule has 0 aromatic rings. The number of hydrogen-bond donors (Lipinski definition) is 1. The van der Waals surface area contributed by atoms with E-state index < -0.39 is 20.7 Å². The Hall–Kier alpha value is 1.48. The van der Waals surface area contributed by atoms with Gasteiger partial charge in [0.25, 0.3) is 0 Å². The molecule has 0 saturated carbocycles. The molecule has 0 spiro atoms. The molecule has 0 saturated heterocycles. The molecule has 0 unspecified atom stereocenters. The van der Waals surface area contributed by atoms with Gasteiger partial charge in [-0.1, -0.05) is 142 Å². The molecule has 0 radical (unpaired) electrons. The van der Waals surface area contributed by atoms with Crippen molar-refractivity contribution in [3.05, 3.63) is 12.2 Å². The Morgan fingerprint density at radius 1 is 0.524 bits per heavy atom. The predicted octanol–water partition coefficient (Wildman–Crippen LogP) is 2.47. The Morgan fingerprint density at radius 2 is 0.857 bits per heavy atom. The van der Waals surface area contributed by atoms with Gasteiger partial charge in [-0.05, 0) is 38.5 Å². The first-order valence-corrected chi connectivity index (χ1v) is 18.8. The number of nitrogens with one attached hydrogen (secondary N) is 1. The van der Waals surface area contributed by atoms with Crippen LogP contribution >= 0.6 is 0 Å². The molecule has 0 aromatic heterocycles. The molecular formula is C30H61NNa2O7S2. The average molecular weight is 658 g/mol. The van der Waals surface area contributed by atoms with Crippen LogP contribution in [0.3, 0.4) is 0 Å². The topological polar surface area (TPSA) is 136 Å². The van der Waals surface area contributed by atoms with E-state index in [0.29, 0.717) is 6.42 Å². The van der Waals surface area contributed by atoms with Crippen molar-refractivity contribution in [3.8, 4) is 0 Å². The molecule has 0 bridgehead atoms. The molecule has 0 atom stereocenters. The van der Waals surface area contributed by atoms with Gasteiger partial charge in [-0.3, -0.25) is 4.18 Å². The van der Waals surface area contributed by atoms with E-state index in [2.05, 4.69) is 30.2 Å². The smallest absolute Gasteiger partial charge is 0.735 e. The minimum Gasteiger partial charge on any atom is -0.735 e. The zero-order valence-electron chi connectivity index (χ0n) is 27.7. The van der Waals surface area contributed by atoms with Crippen molar-refractivity contribution in [1.82, 2.24) is 4.72 Å². The molecule has 0 heterocycles. The Morgan fingerprint density at radius 3 is 1.21 bits per heavy atom. The third kappa shape index (κ3) is 54.0. The first kappa shape index (κ1) is 50.3. The SMILES string of the molecule is CCCCCCCC/C=C\CCCCCCCCNS(=O)(=O)[O-].CCCCCCCCCCCCOS(=O)(=O)[O-].[Na+].[Na+]. The van der Waals surface area contributed by atoms with Crippen LogP contribution in [-0.4, -0.2) is 39.1 Å². The Labute approximate surface area is 305 Å². The van der Waals surface area contributed by atoms with Crippen LogP contribution in [0, 0.1) is 0 Å². The monoisotopic (exact) mass is 657 g/mol. The van der Waals surface area contributed by atoms with Crippen LogP contribution in [0.25, 0.3) is 0 Å². The first-order chi connectivity index (χ1) is 19.1. The van der Waals surface area contributed by atoms with Crippen molar-refractivity contribution in [3.63, 3.8) is 0 Å². The molecule has 8 nitrogen and oxygen atoms in total. The van der Waals surface area contributed by atoms with E-state index in [-0.39, 0.29) is 72.3 Å². The minimum atomic E-state index is -4.48. The maximum atomic E-state index is 10.3. The van der Waals surface area contributed by atoms with Crippen molar-refractivity contribution in [2.75, 3.05) is 13.2 Å². The van der Waals surface area contributed by atoms with Gasteiger partial charge >= 0.3 is 59.1 Å². The molecule has 0 amide bonds. The number of hydrogen-bond acceptors (Lipinski definition) is 7. The van der Waals surface area contributed by atoms with Crippen molar-refractivity contribution in [2.24, 2.45) is 0 Å². The summed E-state index contributed by atoms with van der Waals surface area (Å²) < 4.78 is 67.4. The molecule has 0 aliphatic heterocycles. The van der Waals surface area contributed by atoms with Gasteiger partial charge < -0.3 is 9.11 Å². The number of allylic oxidation sites excluding steroid dienone is 2. The fourth-order valence-electron chi connectivity index (χ4n) is 4.32. The summed E-state index contributed by atoms with van der Waals surface area (Å²) in [6.45, 7) is 4.76. The zero-order chi connectivity index (χ0) is 30.2. The molecular weight excluding hydrogens is 596 g/mol. The third-order valence-corrected chi connectivity index (χ3v) is 7.71. The Balaban J connectivity index is -0.000000342. The molecule has 0 fully saturated rings. The second-order valence-electron chi connectivity index (χ2n) is 10.7. The van der Waals surface area contributed by atoms with Crippen LogP contribution in [0.15, 0.2) is 12.2 Å². The van der Waals surface area contributed by atoms with E-state index >= 15 is 0 Å². The van der Waals surface area contributed by atoms with Gasteiger partial charge in [0.2, 0.25) is 10.4 Å². The van der Waals surface area contributed by atoms with Crippen molar-refractivity contribution >= 4 is 20.7 Å². The summed E-state index contributed by atoms with van der Waals surface area (Å²) in [5.74, 6) is 0. The predicted molar refractivity (Wildman–Crippen MR) is 165 cm³/mol. The third-order valence-electron chi connectivity index (χ3n) is 6.69. The molecule has 12 heteroatoms. The van der Waals surface area contributed by atoms with Gasteiger partial charge in [0.15, 0.2) is 10.3 Å². The van der Waals surface area contributed by atoms with Gasteiger partial charge in [-0.15, -0.1) is 0 Å². The molecule has 0 aliphatic rings. The molecule has 0 aromatic carbocycles. The molecule has 42 heavy (non-hydrogen) atoms. The van der Waals surface area contributed by atoms with E-state index in [1.54, 1.807) is 0 Å². The summed E-state index contributed by atoms with van der Waals surface area (Å²) in [6.07, 6.45) is 33.4. The van der Waals surface area contributed by atoms with Crippen LogP contribution in [0.2, 0.25) is 0 Å². The van der Waals surface area contributed by atoms with E-state index in [4.69, 9.17) is 0 Å². The van der Waals surface area contributed by atoms with E-state index in [0.717, 1.165) is 32.1 Å². The maximum absolute atomic E-state index is 10.3. The number of unbranched alkanes of at least 4 members (excludes halogenated alkanes) is 21. The standard InChI is InChI=1S/C18H37NO3S.C12H26O4S.2Na/c1-2-3-4-5-6-7-8-9-10-11-12-13-14-15-16-17-18-19-23(20,21)22;1-2-3-4-5-6-7-8-9-10-11-12-16-17(13,14)15;;/h9-10,19H,2-8,11-18H2,1H3,(H,20,21,22);2-12H2,1H3,(H,13,14,15);;/q;;2*+1/p-2/b10-9-;;;. The molecule has 0 aliphatic carbocycles. The molecule has 1 N–H and O–H groups in total. The maximum Gasteiger partial charge on any atom is 1.00 e. The van der Waals surface area contributed by atoms with Crippen molar-refractivity contribution in [1.29, 1.82) is 0 Å². The first-order valence-electron chi connectivity index (χ1n) is 16.1. The van der Waals surface area contributed by atoms with Crippen LogP contribution in [0.5, 0.6) is 0 Å². The van der Waals surface area contributed by atoms with E-state index in [9.17, 15) is 25.9 Å². The summed E-state index contributed by atoms with van der Waals surface area (Å²) in [6, 6.07) is 0. The second kappa shape index (κ2) is 38.7. The van der Waals surface area contributed by atoms with E-state index in [1.165, 1.54) is 116 Å². The summed E-state index contributed by atoms with van der Waals surface area (Å²) in [5.41, 5.74) is 0. The Kier molecular flexibility index (Phi) is 46.3. The van der Waals surface area contributed by atoms with Crippen LogP contribution in [0.1, 0.15) is 168 Å². The van der Waals surface area contributed by atoms with Crippen LogP contribution < -0.4 is 63.8 Å². The van der Waals surface area contributed by atoms with Crippen LogP contribution in [0.4, 0.5) is 0 Å². The molecule has 242 valence electrons. The Bertz CT molecular complexity index is 753. The summed E-state index contributed by atoms with van der Waals surface area (Å²) >= 11 is 0. The normalized spacial score (nSPS) is 11.5. The number of rotatable bonds is 29. The van der Waals surface area contributed by atoms with Crippen molar-refractivity contribution < 1.29 is 89.2 Å². The van der Waals surface area contributed by atoms with Gasteiger partial charge in [0.05, 0.1) is 6.61 Å². The zero-order valence-corrected chi connectivity index (χ0v) is 33.3.